The molecule has 116 valence electrons. The summed E-state index contributed by atoms with van der Waals surface area (Å²) in [5.74, 6) is 0.729. The molecular weight excluding hydrogens is 268 g/mol. The van der Waals surface area contributed by atoms with Gasteiger partial charge in [0.2, 0.25) is 0 Å². The standard InChI is InChI=1S/C17H24O4/c1-2-20-14-8-4-5-9-15(14)21-13-12-17(16(18)19)10-6-3-7-11-17/h4-5,8-9H,2-3,6-7,10-13H2,1H3,(H,18,19). The minimum Gasteiger partial charge on any atom is -0.490 e. The summed E-state index contributed by atoms with van der Waals surface area (Å²) in [5.41, 5.74) is -0.598. The Balaban J connectivity index is 1.95. The van der Waals surface area contributed by atoms with Crippen molar-refractivity contribution < 1.29 is 19.4 Å². The van der Waals surface area contributed by atoms with E-state index in [-0.39, 0.29) is 0 Å². The van der Waals surface area contributed by atoms with Gasteiger partial charge >= 0.3 is 5.97 Å². The average molecular weight is 292 g/mol. The first-order valence-corrected chi connectivity index (χ1v) is 7.76. The van der Waals surface area contributed by atoms with Crippen molar-refractivity contribution in [1.29, 1.82) is 0 Å². The summed E-state index contributed by atoms with van der Waals surface area (Å²) in [6.07, 6.45) is 5.23. The summed E-state index contributed by atoms with van der Waals surface area (Å²) in [7, 11) is 0. The van der Waals surface area contributed by atoms with Crippen LogP contribution in [0.25, 0.3) is 0 Å². The lowest BCUT2D eigenvalue weighted by Gasteiger charge is -2.33. The minimum absolute atomic E-state index is 0.413. The van der Waals surface area contributed by atoms with Gasteiger partial charge in [-0.05, 0) is 38.3 Å². The second-order valence-corrected chi connectivity index (χ2v) is 5.62. The maximum absolute atomic E-state index is 11.6. The highest BCUT2D eigenvalue weighted by Crippen LogP contribution is 2.40. The first kappa shape index (κ1) is 15.7. The van der Waals surface area contributed by atoms with Crippen molar-refractivity contribution in [2.45, 2.75) is 45.4 Å². The SMILES string of the molecule is CCOc1ccccc1OCCC1(C(=O)O)CCCCC1. The second-order valence-electron chi connectivity index (χ2n) is 5.62. The molecule has 0 amide bonds. The summed E-state index contributed by atoms with van der Waals surface area (Å²) in [5, 5.41) is 9.54. The zero-order valence-electron chi connectivity index (χ0n) is 12.6. The molecule has 0 atom stereocenters. The van der Waals surface area contributed by atoms with Crippen LogP contribution in [0, 0.1) is 5.41 Å². The number of carbonyl (C=O) groups is 1. The fourth-order valence-corrected chi connectivity index (χ4v) is 3.00. The zero-order chi connectivity index (χ0) is 15.1. The van der Waals surface area contributed by atoms with E-state index in [4.69, 9.17) is 9.47 Å². The molecule has 1 aromatic rings. The molecule has 4 nitrogen and oxygen atoms in total. The van der Waals surface area contributed by atoms with Crippen molar-refractivity contribution in [2.75, 3.05) is 13.2 Å². The van der Waals surface area contributed by atoms with Crippen LogP contribution in [0.4, 0.5) is 0 Å². The molecule has 1 aliphatic carbocycles. The van der Waals surface area contributed by atoms with Crippen molar-refractivity contribution in [2.24, 2.45) is 5.41 Å². The van der Waals surface area contributed by atoms with E-state index < -0.39 is 11.4 Å². The Hall–Kier alpha value is -1.71. The normalized spacial score (nSPS) is 17.2. The van der Waals surface area contributed by atoms with Crippen molar-refractivity contribution in [3.63, 3.8) is 0 Å². The molecule has 2 rings (SSSR count). The Labute approximate surface area is 126 Å². The molecule has 1 saturated carbocycles. The van der Waals surface area contributed by atoms with E-state index in [2.05, 4.69) is 0 Å². The van der Waals surface area contributed by atoms with Crippen molar-refractivity contribution in [3.8, 4) is 11.5 Å². The molecule has 0 unspecified atom stereocenters. The largest absolute Gasteiger partial charge is 0.490 e. The third-order valence-corrected chi connectivity index (χ3v) is 4.25. The van der Waals surface area contributed by atoms with Crippen LogP contribution in [0.5, 0.6) is 11.5 Å². The maximum Gasteiger partial charge on any atom is 0.309 e. The van der Waals surface area contributed by atoms with Crippen molar-refractivity contribution in [3.05, 3.63) is 24.3 Å². The summed E-state index contributed by atoms with van der Waals surface area (Å²) in [6.45, 7) is 2.92. The summed E-state index contributed by atoms with van der Waals surface area (Å²) in [6, 6.07) is 7.52. The van der Waals surface area contributed by atoms with Gasteiger partial charge < -0.3 is 14.6 Å². The zero-order valence-corrected chi connectivity index (χ0v) is 12.6. The molecule has 1 aliphatic rings. The van der Waals surface area contributed by atoms with Gasteiger partial charge in [-0.1, -0.05) is 31.4 Å². The number of ether oxygens (including phenoxy) is 2. The Morgan fingerprint density at radius 3 is 2.33 bits per heavy atom. The van der Waals surface area contributed by atoms with Gasteiger partial charge in [0.25, 0.3) is 0 Å². The molecule has 0 aliphatic heterocycles. The maximum atomic E-state index is 11.6. The molecule has 4 heteroatoms. The van der Waals surface area contributed by atoms with Crippen molar-refractivity contribution >= 4 is 5.97 Å². The van der Waals surface area contributed by atoms with E-state index in [0.717, 1.165) is 32.1 Å². The van der Waals surface area contributed by atoms with Crippen LogP contribution in [0.15, 0.2) is 24.3 Å². The molecule has 0 bridgehead atoms. The predicted molar refractivity (Wildman–Crippen MR) is 80.9 cm³/mol. The number of carboxylic acid groups (broad SMARTS) is 1. The fraction of sp³-hybridized carbons (Fsp3) is 0.588. The number of carboxylic acids is 1. The third kappa shape index (κ3) is 3.90. The molecule has 0 saturated heterocycles. The number of benzene rings is 1. The number of hydrogen-bond acceptors (Lipinski definition) is 3. The van der Waals surface area contributed by atoms with E-state index in [9.17, 15) is 9.90 Å². The van der Waals surface area contributed by atoms with Crippen LogP contribution >= 0.6 is 0 Å². The molecule has 0 spiro atoms. The Morgan fingerprint density at radius 2 is 1.76 bits per heavy atom. The van der Waals surface area contributed by atoms with Gasteiger partial charge in [-0.3, -0.25) is 4.79 Å². The molecule has 0 heterocycles. The highest BCUT2D eigenvalue weighted by molar-refractivity contribution is 5.74. The second kappa shape index (κ2) is 7.34. The number of hydrogen-bond donors (Lipinski definition) is 1. The Kier molecular flexibility index (Phi) is 5.48. The molecule has 1 fully saturated rings. The lowest BCUT2D eigenvalue weighted by Crippen LogP contribution is -2.34. The number of rotatable bonds is 7. The van der Waals surface area contributed by atoms with E-state index in [1.54, 1.807) is 0 Å². The van der Waals surface area contributed by atoms with E-state index in [0.29, 0.717) is 31.1 Å². The van der Waals surface area contributed by atoms with Crippen LogP contribution in [0.3, 0.4) is 0 Å². The van der Waals surface area contributed by atoms with E-state index >= 15 is 0 Å². The summed E-state index contributed by atoms with van der Waals surface area (Å²) >= 11 is 0. The van der Waals surface area contributed by atoms with Gasteiger partial charge in [-0.25, -0.2) is 0 Å². The highest BCUT2D eigenvalue weighted by atomic mass is 16.5. The van der Waals surface area contributed by atoms with E-state index in [1.165, 1.54) is 0 Å². The molecular formula is C17H24O4. The molecule has 0 aromatic heterocycles. The quantitative estimate of drug-likeness (QED) is 0.828. The lowest BCUT2D eigenvalue weighted by atomic mass is 9.72. The molecule has 21 heavy (non-hydrogen) atoms. The van der Waals surface area contributed by atoms with Gasteiger partial charge in [-0.2, -0.15) is 0 Å². The minimum atomic E-state index is -0.677. The van der Waals surface area contributed by atoms with Crippen molar-refractivity contribution in [1.82, 2.24) is 0 Å². The smallest absolute Gasteiger partial charge is 0.309 e. The van der Waals surface area contributed by atoms with Crippen LogP contribution < -0.4 is 9.47 Å². The first-order chi connectivity index (χ1) is 10.2. The van der Waals surface area contributed by atoms with Gasteiger partial charge in [0.05, 0.1) is 18.6 Å². The Bertz CT molecular complexity index is 464. The number of aliphatic carboxylic acids is 1. The third-order valence-electron chi connectivity index (χ3n) is 4.25. The monoisotopic (exact) mass is 292 g/mol. The topological polar surface area (TPSA) is 55.8 Å². The van der Waals surface area contributed by atoms with Crippen LogP contribution in [0.2, 0.25) is 0 Å². The summed E-state index contributed by atoms with van der Waals surface area (Å²) in [4.78, 5) is 11.6. The summed E-state index contributed by atoms with van der Waals surface area (Å²) < 4.78 is 11.3. The van der Waals surface area contributed by atoms with Gasteiger partial charge in [0.1, 0.15) is 0 Å². The van der Waals surface area contributed by atoms with Crippen LogP contribution in [0.1, 0.15) is 45.4 Å². The highest BCUT2D eigenvalue weighted by Gasteiger charge is 2.39. The van der Waals surface area contributed by atoms with Crippen LogP contribution in [-0.2, 0) is 4.79 Å². The van der Waals surface area contributed by atoms with Gasteiger partial charge in [-0.15, -0.1) is 0 Å². The lowest BCUT2D eigenvalue weighted by molar-refractivity contribution is -0.152. The fourth-order valence-electron chi connectivity index (χ4n) is 3.00. The van der Waals surface area contributed by atoms with Gasteiger partial charge in [0.15, 0.2) is 11.5 Å². The Morgan fingerprint density at radius 1 is 1.14 bits per heavy atom. The molecule has 1 aromatic carbocycles. The average Bonchev–Trinajstić information content (AvgIpc) is 2.50. The predicted octanol–water partition coefficient (Wildman–Crippen LogP) is 3.89. The first-order valence-electron chi connectivity index (χ1n) is 7.76. The number of para-hydroxylation sites is 2. The molecule has 1 N–H and O–H groups in total. The van der Waals surface area contributed by atoms with E-state index in [1.807, 2.05) is 31.2 Å². The van der Waals surface area contributed by atoms with Gasteiger partial charge in [0, 0.05) is 0 Å². The van der Waals surface area contributed by atoms with Crippen LogP contribution in [-0.4, -0.2) is 24.3 Å². The molecule has 0 radical (unpaired) electrons.